The Kier molecular flexibility index (Phi) is 7.85. The van der Waals surface area contributed by atoms with Gasteiger partial charge in [0.2, 0.25) is 0 Å². The second-order valence-electron chi connectivity index (χ2n) is 3.87. The minimum atomic E-state index is -2.92. The molecule has 1 unspecified atom stereocenters. The zero-order valence-electron chi connectivity index (χ0n) is 11.0. The average molecular weight is 297 g/mol. The fourth-order valence-electron chi connectivity index (χ4n) is 1.33. The Morgan fingerprint density at radius 1 is 1.37 bits per heavy atom. The summed E-state index contributed by atoms with van der Waals surface area (Å²) < 4.78 is 22.5. The van der Waals surface area contributed by atoms with Gasteiger partial charge in [-0.2, -0.15) is 0 Å². The van der Waals surface area contributed by atoms with Crippen LogP contribution in [0, 0.1) is 5.92 Å². The van der Waals surface area contributed by atoms with Crippen LogP contribution < -0.4 is 10.8 Å². The third kappa shape index (κ3) is 6.68. The maximum atomic E-state index is 12.1. The zero-order chi connectivity index (χ0) is 15.1. The highest BCUT2D eigenvalue weighted by molar-refractivity contribution is 7.54. The highest BCUT2D eigenvalue weighted by atomic mass is 31.2. The lowest BCUT2D eigenvalue weighted by molar-refractivity contribution is -0.399. The fraction of sp³-hybridized carbons (Fsp3) is 0.800. The lowest BCUT2D eigenvalue weighted by atomic mass is 10.4. The van der Waals surface area contributed by atoms with Gasteiger partial charge in [-0.25, -0.2) is 4.79 Å². The molecule has 1 aliphatic carbocycles. The van der Waals surface area contributed by atoms with Crippen LogP contribution in [0.3, 0.4) is 0 Å². The molecule has 8 nitrogen and oxygen atoms in total. The van der Waals surface area contributed by atoms with Crippen molar-refractivity contribution >= 4 is 19.5 Å². The first-order chi connectivity index (χ1) is 8.78. The van der Waals surface area contributed by atoms with Gasteiger partial charge in [0.15, 0.2) is 11.8 Å². The summed E-state index contributed by atoms with van der Waals surface area (Å²) in [6, 6.07) is 0. The maximum Gasteiger partial charge on any atom is 0.387 e. The molecule has 0 amide bonds. The molecule has 4 N–H and O–H groups in total. The summed E-state index contributed by atoms with van der Waals surface area (Å²) in [7, 11) is -2.92. The van der Waals surface area contributed by atoms with Gasteiger partial charge in [0.25, 0.3) is 0 Å². The molecule has 1 rings (SSSR count). The van der Waals surface area contributed by atoms with Crippen LogP contribution in [0.15, 0.2) is 0 Å². The third-order valence-corrected chi connectivity index (χ3v) is 4.84. The Bertz CT molecular complexity index is 334. The molecule has 0 saturated heterocycles. The zero-order valence-corrected chi connectivity index (χ0v) is 11.9. The van der Waals surface area contributed by atoms with Crippen LogP contribution in [0.4, 0.5) is 0 Å². The van der Waals surface area contributed by atoms with Crippen molar-refractivity contribution in [3.63, 3.8) is 0 Å². The molecule has 0 aliphatic heterocycles. The molecule has 0 spiro atoms. The maximum absolute atomic E-state index is 12.1. The van der Waals surface area contributed by atoms with E-state index in [2.05, 4.69) is 5.73 Å². The molecule has 1 aliphatic rings. The number of hydrogen-bond acceptors (Lipinski definition) is 6. The van der Waals surface area contributed by atoms with E-state index in [0.717, 1.165) is 12.8 Å². The molecule has 1 atom stereocenters. The first kappa shape index (κ1) is 18.0. The highest BCUT2D eigenvalue weighted by Crippen LogP contribution is 2.56. The monoisotopic (exact) mass is 297 g/mol. The molecule has 1 saturated carbocycles. The lowest BCUT2D eigenvalue weighted by Crippen LogP contribution is -2.62. The van der Waals surface area contributed by atoms with Crippen LogP contribution in [0.25, 0.3) is 0 Å². The topological polar surface area (TPSA) is 141 Å². The normalized spacial score (nSPS) is 16.2. The Morgan fingerprint density at radius 3 is 1.95 bits per heavy atom. The van der Waals surface area contributed by atoms with Crippen LogP contribution in [-0.4, -0.2) is 36.0 Å². The molecule has 0 aromatic carbocycles. The van der Waals surface area contributed by atoms with Crippen molar-refractivity contribution in [1.82, 2.24) is 0 Å². The van der Waals surface area contributed by atoms with Crippen LogP contribution >= 0.6 is 7.60 Å². The van der Waals surface area contributed by atoms with E-state index in [4.69, 9.17) is 28.8 Å². The molecule has 0 aromatic heterocycles. The van der Waals surface area contributed by atoms with Crippen LogP contribution in [0.5, 0.6) is 0 Å². The van der Waals surface area contributed by atoms with Crippen molar-refractivity contribution in [1.29, 1.82) is 0 Å². The summed E-state index contributed by atoms with van der Waals surface area (Å²) in [6.45, 7) is 4.50. The molecule has 0 radical (unpaired) electrons. The Balaban J connectivity index is 0.000000459. The Hall–Kier alpha value is -0.950. The summed E-state index contributed by atoms with van der Waals surface area (Å²) >= 11 is 0. The number of aliphatic carboxylic acids is 2. The van der Waals surface area contributed by atoms with Crippen molar-refractivity contribution in [2.75, 3.05) is 13.2 Å². The summed E-state index contributed by atoms with van der Waals surface area (Å²) in [5.41, 5.74) is 3.90. The number of carboxylic acids is 2. The van der Waals surface area contributed by atoms with E-state index in [0.29, 0.717) is 19.1 Å². The van der Waals surface area contributed by atoms with Crippen molar-refractivity contribution in [3.05, 3.63) is 0 Å². The predicted molar refractivity (Wildman–Crippen MR) is 62.9 cm³/mol. The predicted octanol–water partition coefficient (Wildman–Crippen LogP) is -0.949. The minimum Gasteiger partial charge on any atom is -0.539 e. The summed E-state index contributed by atoms with van der Waals surface area (Å²) in [6.07, 6.45) is 2.22. The highest BCUT2D eigenvalue weighted by Gasteiger charge is 2.46. The average Bonchev–Trinajstić information content (AvgIpc) is 3.13. The fourth-order valence-corrected chi connectivity index (χ4v) is 3.32. The van der Waals surface area contributed by atoms with Gasteiger partial charge in [-0.3, -0.25) is 4.57 Å². The van der Waals surface area contributed by atoms with Crippen molar-refractivity contribution in [2.24, 2.45) is 5.92 Å². The lowest BCUT2D eigenvalue weighted by Gasteiger charge is -2.19. The number of carbonyl (C=O) groups is 2. The minimum absolute atomic E-state index is 0.174. The van der Waals surface area contributed by atoms with E-state index >= 15 is 0 Å². The van der Waals surface area contributed by atoms with Crippen LogP contribution in [0.2, 0.25) is 0 Å². The number of hydrogen-bond donors (Lipinski definition) is 2. The standard InChI is InChI=1S/C8H18NO3P.C2H2O4/c1-3-11-13(10,12-4-2)8(9)7-5-6-7;3-1(4)2(5)6/h7-8H,3-6,9H2,1-2H3;(H,3,4)(H,5,6). The number of carbonyl (C=O) groups excluding carboxylic acids is 1. The molecule has 1 fully saturated rings. The van der Waals surface area contributed by atoms with Gasteiger partial charge in [0, 0.05) is 5.92 Å². The summed E-state index contributed by atoms with van der Waals surface area (Å²) in [5.74, 6) is -3.73. The second kappa shape index (κ2) is 8.27. The third-order valence-electron chi connectivity index (χ3n) is 2.37. The van der Waals surface area contributed by atoms with Crippen molar-refractivity contribution < 1.29 is 39.1 Å². The van der Waals surface area contributed by atoms with Crippen LogP contribution in [-0.2, 0) is 23.2 Å². The number of rotatable bonds is 6. The van der Waals surface area contributed by atoms with E-state index < -0.39 is 19.5 Å². The van der Waals surface area contributed by atoms with Gasteiger partial charge in [0.05, 0.1) is 13.2 Å². The van der Waals surface area contributed by atoms with E-state index in [-0.39, 0.29) is 5.78 Å². The van der Waals surface area contributed by atoms with Gasteiger partial charge < -0.3 is 29.8 Å². The SMILES string of the molecule is CCOP(=O)(OCC)C([NH3+])C1CC1.O=C([O-])C(=O)O. The van der Waals surface area contributed by atoms with Gasteiger partial charge in [0.1, 0.15) is 0 Å². The van der Waals surface area contributed by atoms with Gasteiger partial charge in [-0.15, -0.1) is 0 Å². The number of quaternary nitrogens is 1. The molecule has 9 heteroatoms. The van der Waals surface area contributed by atoms with Crippen LogP contribution in [0.1, 0.15) is 26.7 Å². The van der Waals surface area contributed by atoms with Crippen molar-refractivity contribution in [2.45, 2.75) is 32.5 Å². The summed E-state index contributed by atoms with van der Waals surface area (Å²) in [4.78, 5) is 18.0. The van der Waals surface area contributed by atoms with Gasteiger partial charge in [-0.1, -0.05) is 0 Å². The van der Waals surface area contributed by atoms with Gasteiger partial charge in [-0.05, 0) is 26.7 Å². The quantitative estimate of drug-likeness (QED) is 0.475. The molecule has 112 valence electrons. The smallest absolute Gasteiger partial charge is 0.387 e. The second-order valence-corrected chi connectivity index (χ2v) is 6.13. The molecule has 0 aromatic rings. The number of carboxylic acid groups (broad SMARTS) is 2. The Morgan fingerprint density at radius 2 is 1.74 bits per heavy atom. The van der Waals surface area contributed by atoms with Gasteiger partial charge >= 0.3 is 13.6 Å². The molecule has 19 heavy (non-hydrogen) atoms. The van der Waals surface area contributed by atoms with E-state index in [1.807, 2.05) is 13.8 Å². The van der Waals surface area contributed by atoms with Crippen molar-refractivity contribution in [3.8, 4) is 0 Å². The van der Waals surface area contributed by atoms with E-state index in [1.54, 1.807) is 0 Å². The van der Waals surface area contributed by atoms with E-state index in [1.165, 1.54) is 0 Å². The molecule has 0 bridgehead atoms. The molecular weight excluding hydrogens is 277 g/mol. The largest absolute Gasteiger partial charge is 0.539 e. The Labute approximate surface area is 111 Å². The first-order valence-corrected chi connectivity index (χ1v) is 7.55. The van der Waals surface area contributed by atoms with E-state index in [9.17, 15) is 4.57 Å². The molecular formula is C10H20NO7P. The summed E-state index contributed by atoms with van der Waals surface area (Å²) in [5, 5.41) is 16.3. The first-order valence-electron chi connectivity index (χ1n) is 5.94. The molecule has 0 heterocycles.